The van der Waals surface area contributed by atoms with Gasteiger partial charge in [-0.3, -0.25) is 0 Å². The van der Waals surface area contributed by atoms with Crippen LogP contribution in [-0.2, 0) is 10.0 Å². The maximum absolute atomic E-state index is 13.6. The first kappa shape index (κ1) is 14.2. The van der Waals surface area contributed by atoms with Gasteiger partial charge in [-0.05, 0) is 39.1 Å². The van der Waals surface area contributed by atoms with Crippen molar-refractivity contribution >= 4 is 15.7 Å². The van der Waals surface area contributed by atoms with Gasteiger partial charge in [0.15, 0.2) is 0 Å². The Morgan fingerprint density at radius 1 is 1.47 bits per heavy atom. The molecule has 1 aliphatic rings. The number of sulfonamides is 1. The molecule has 19 heavy (non-hydrogen) atoms. The summed E-state index contributed by atoms with van der Waals surface area (Å²) in [6.07, 6.45) is 0.750. The number of benzene rings is 1. The molecule has 1 unspecified atom stereocenters. The highest BCUT2D eigenvalue weighted by Crippen LogP contribution is 2.21. The van der Waals surface area contributed by atoms with Gasteiger partial charge in [0.1, 0.15) is 5.82 Å². The molecule has 1 aromatic rings. The molecule has 1 fully saturated rings. The molecule has 0 aliphatic carbocycles. The Labute approximate surface area is 112 Å². The molecule has 1 aliphatic heterocycles. The van der Waals surface area contributed by atoms with Crippen molar-refractivity contribution < 1.29 is 12.8 Å². The lowest BCUT2D eigenvalue weighted by molar-refractivity contribution is 0.407. The molecule has 1 aromatic carbocycles. The van der Waals surface area contributed by atoms with Crippen molar-refractivity contribution in [1.82, 2.24) is 9.62 Å². The summed E-state index contributed by atoms with van der Waals surface area (Å²) < 4.78 is 40.5. The maximum atomic E-state index is 13.6. The summed E-state index contributed by atoms with van der Waals surface area (Å²) in [5, 5.41) is 0. The number of hydrogen-bond acceptors (Lipinski definition) is 4. The van der Waals surface area contributed by atoms with Crippen LogP contribution in [0.1, 0.15) is 12.0 Å². The molecular weight excluding hydrogens is 269 g/mol. The number of halogens is 1. The number of likely N-dealkylation sites (tertiary alicyclic amines) is 1. The Balaban J connectivity index is 2.25. The Morgan fingerprint density at radius 2 is 2.16 bits per heavy atom. The van der Waals surface area contributed by atoms with Gasteiger partial charge in [0, 0.05) is 23.8 Å². The molecule has 1 saturated heterocycles. The average Bonchev–Trinajstić information content (AvgIpc) is 2.70. The van der Waals surface area contributed by atoms with Crippen molar-refractivity contribution in [2.45, 2.75) is 24.3 Å². The first-order valence-corrected chi connectivity index (χ1v) is 7.54. The van der Waals surface area contributed by atoms with Crippen molar-refractivity contribution in [2.24, 2.45) is 0 Å². The molecule has 0 aromatic heterocycles. The van der Waals surface area contributed by atoms with E-state index in [1.54, 1.807) is 0 Å². The van der Waals surface area contributed by atoms with Gasteiger partial charge in [0.25, 0.3) is 0 Å². The number of nitrogens with two attached hydrogens (primary N) is 1. The van der Waals surface area contributed by atoms with Crippen LogP contribution in [0.2, 0.25) is 0 Å². The van der Waals surface area contributed by atoms with Crippen molar-refractivity contribution in [1.29, 1.82) is 0 Å². The van der Waals surface area contributed by atoms with Gasteiger partial charge in [-0.25, -0.2) is 17.5 Å². The van der Waals surface area contributed by atoms with E-state index >= 15 is 0 Å². The molecule has 0 radical (unpaired) electrons. The third-order valence-corrected chi connectivity index (χ3v) is 4.88. The lowest BCUT2D eigenvalue weighted by Crippen LogP contribution is -2.36. The lowest BCUT2D eigenvalue weighted by atomic mass is 10.2. The van der Waals surface area contributed by atoms with E-state index in [1.807, 2.05) is 11.9 Å². The van der Waals surface area contributed by atoms with Crippen molar-refractivity contribution in [2.75, 3.05) is 25.9 Å². The smallest absolute Gasteiger partial charge is 0.241 e. The van der Waals surface area contributed by atoms with E-state index in [2.05, 4.69) is 4.72 Å². The average molecular weight is 287 g/mol. The lowest BCUT2D eigenvalue weighted by Gasteiger charge is -2.14. The van der Waals surface area contributed by atoms with Crippen molar-refractivity contribution in [3.63, 3.8) is 0 Å². The largest absolute Gasteiger partial charge is 0.398 e. The van der Waals surface area contributed by atoms with Crippen LogP contribution in [0.15, 0.2) is 17.0 Å². The van der Waals surface area contributed by atoms with E-state index in [4.69, 9.17) is 5.73 Å². The second-order valence-electron chi connectivity index (χ2n) is 4.99. The number of anilines is 1. The molecule has 0 amide bonds. The minimum absolute atomic E-state index is 0.123. The number of rotatable bonds is 3. The molecule has 2 rings (SSSR count). The Hall–Kier alpha value is -1.18. The van der Waals surface area contributed by atoms with E-state index in [-0.39, 0.29) is 22.2 Å². The summed E-state index contributed by atoms with van der Waals surface area (Å²) in [5.74, 6) is -0.607. The monoisotopic (exact) mass is 287 g/mol. The zero-order valence-electron chi connectivity index (χ0n) is 11.0. The van der Waals surface area contributed by atoms with Crippen LogP contribution >= 0.6 is 0 Å². The van der Waals surface area contributed by atoms with Crippen LogP contribution in [-0.4, -0.2) is 39.5 Å². The number of nitrogens with one attached hydrogen (secondary N) is 1. The van der Waals surface area contributed by atoms with Crippen LogP contribution < -0.4 is 10.5 Å². The molecule has 0 saturated carbocycles. The summed E-state index contributed by atoms with van der Waals surface area (Å²) in [7, 11) is -1.80. The van der Waals surface area contributed by atoms with E-state index in [9.17, 15) is 12.8 Å². The molecule has 1 atom stereocenters. The summed E-state index contributed by atoms with van der Waals surface area (Å²) in [6.45, 7) is 3.01. The fourth-order valence-electron chi connectivity index (χ4n) is 2.15. The summed E-state index contributed by atoms with van der Waals surface area (Å²) in [6, 6.07) is 2.16. The third-order valence-electron chi connectivity index (χ3n) is 3.38. The van der Waals surface area contributed by atoms with Gasteiger partial charge >= 0.3 is 0 Å². The normalized spacial score (nSPS) is 20.9. The van der Waals surface area contributed by atoms with Gasteiger partial charge < -0.3 is 10.6 Å². The van der Waals surface area contributed by atoms with Crippen molar-refractivity contribution in [3.05, 3.63) is 23.5 Å². The second kappa shape index (κ2) is 5.07. The van der Waals surface area contributed by atoms with Crippen LogP contribution in [0, 0.1) is 12.7 Å². The highest BCUT2D eigenvalue weighted by atomic mass is 32.2. The Morgan fingerprint density at radius 3 is 2.68 bits per heavy atom. The van der Waals surface area contributed by atoms with E-state index in [1.165, 1.54) is 13.0 Å². The molecule has 5 nitrogen and oxygen atoms in total. The van der Waals surface area contributed by atoms with E-state index in [0.717, 1.165) is 19.0 Å². The van der Waals surface area contributed by atoms with Gasteiger partial charge in [0.05, 0.1) is 4.90 Å². The number of likely N-dealkylation sites (N-methyl/N-ethyl adjacent to an activating group) is 1. The van der Waals surface area contributed by atoms with Crippen LogP contribution in [0.5, 0.6) is 0 Å². The maximum Gasteiger partial charge on any atom is 0.241 e. The Bertz CT molecular complexity index is 566. The highest BCUT2D eigenvalue weighted by Gasteiger charge is 2.26. The third kappa shape index (κ3) is 3.05. The fourth-order valence-corrected chi connectivity index (χ4v) is 3.46. The fraction of sp³-hybridized carbons (Fsp3) is 0.500. The van der Waals surface area contributed by atoms with Crippen molar-refractivity contribution in [3.8, 4) is 0 Å². The standard InChI is InChI=1S/C12H18FN3O2S/c1-8-11(13)5-10(6-12(8)14)19(17,18)15-9-3-4-16(2)7-9/h5-6,9,15H,3-4,7,14H2,1-2H3. The number of nitrogen functional groups attached to an aromatic ring is 1. The number of hydrogen-bond donors (Lipinski definition) is 2. The number of nitrogens with zero attached hydrogens (tertiary/aromatic N) is 1. The minimum Gasteiger partial charge on any atom is -0.398 e. The SMILES string of the molecule is Cc1c(N)cc(S(=O)(=O)NC2CCN(C)C2)cc1F. The molecule has 106 valence electrons. The second-order valence-corrected chi connectivity index (χ2v) is 6.70. The zero-order valence-corrected chi connectivity index (χ0v) is 11.8. The van der Waals surface area contributed by atoms with Gasteiger partial charge in [-0.15, -0.1) is 0 Å². The zero-order chi connectivity index (χ0) is 14.2. The first-order chi connectivity index (χ1) is 8.79. The Kier molecular flexibility index (Phi) is 3.80. The molecule has 1 heterocycles. The van der Waals surface area contributed by atoms with E-state index < -0.39 is 15.8 Å². The summed E-state index contributed by atoms with van der Waals surface area (Å²) >= 11 is 0. The minimum atomic E-state index is -3.73. The summed E-state index contributed by atoms with van der Waals surface area (Å²) in [5.41, 5.74) is 6.01. The molecular formula is C12H18FN3O2S. The highest BCUT2D eigenvalue weighted by molar-refractivity contribution is 7.89. The quantitative estimate of drug-likeness (QED) is 0.802. The van der Waals surface area contributed by atoms with E-state index in [0.29, 0.717) is 6.54 Å². The molecule has 7 heteroatoms. The summed E-state index contributed by atoms with van der Waals surface area (Å²) in [4.78, 5) is 1.92. The first-order valence-electron chi connectivity index (χ1n) is 6.06. The van der Waals surface area contributed by atoms with Crippen LogP contribution in [0.3, 0.4) is 0 Å². The predicted molar refractivity (Wildman–Crippen MR) is 71.8 cm³/mol. The van der Waals surface area contributed by atoms with Gasteiger partial charge in [0.2, 0.25) is 10.0 Å². The topological polar surface area (TPSA) is 75.4 Å². The molecule has 3 N–H and O–H groups in total. The molecule has 0 bridgehead atoms. The van der Waals surface area contributed by atoms with Crippen LogP contribution in [0.4, 0.5) is 10.1 Å². The molecule has 0 spiro atoms. The van der Waals surface area contributed by atoms with Gasteiger partial charge in [-0.1, -0.05) is 0 Å². The predicted octanol–water partition coefficient (Wildman–Crippen LogP) is 0.699. The van der Waals surface area contributed by atoms with Crippen LogP contribution in [0.25, 0.3) is 0 Å². The van der Waals surface area contributed by atoms with Gasteiger partial charge in [-0.2, -0.15) is 0 Å².